The average Bonchev–Trinajstić information content (AvgIpc) is 3.19. The number of hydrogen-bond donors (Lipinski definition) is 2. The summed E-state index contributed by atoms with van der Waals surface area (Å²) in [6.45, 7) is 1.58. The van der Waals surface area contributed by atoms with Gasteiger partial charge in [-0.25, -0.2) is 9.97 Å². The van der Waals surface area contributed by atoms with Crippen molar-refractivity contribution in [2.24, 2.45) is 0 Å². The predicted octanol–water partition coefficient (Wildman–Crippen LogP) is 0.899. The summed E-state index contributed by atoms with van der Waals surface area (Å²) in [6, 6.07) is -0.136. The van der Waals surface area contributed by atoms with Gasteiger partial charge in [-0.05, 0) is 6.42 Å². The molecule has 1 aliphatic rings. The van der Waals surface area contributed by atoms with E-state index in [0.29, 0.717) is 19.8 Å². The van der Waals surface area contributed by atoms with Crippen LogP contribution in [0.15, 0.2) is 23.4 Å². The van der Waals surface area contributed by atoms with Crippen LogP contribution >= 0.6 is 11.3 Å². The summed E-state index contributed by atoms with van der Waals surface area (Å²) in [4.78, 5) is 23.1. The molecular weight excluding hydrogens is 304 g/mol. The molecule has 0 unspecified atom stereocenters. The van der Waals surface area contributed by atoms with Gasteiger partial charge in [0.25, 0.3) is 0 Å². The SMILES string of the molecule is O=C(Cc1cnc[nH]1)N[C@@H]1COCC[C@@H]1OCc1cscn1. The van der Waals surface area contributed by atoms with Gasteiger partial charge in [0, 0.05) is 23.9 Å². The van der Waals surface area contributed by atoms with E-state index in [0.717, 1.165) is 17.8 Å². The second kappa shape index (κ2) is 7.48. The van der Waals surface area contributed by atoms with Crippen LogP contribution in [-0.2, 0) is 27.3 Å². The van der Waals surface area contributed by atoms with Crippen molar-refractivity contribution in [2.75, 3.05) is 13.2 Å². The molecule has 1 saturated heterocycles. The lowest BCUT2D eigenvalue weighted by Gasteiger charge is -2.31. The molecule has 0 aromatic carbocycles. The third-order valence-electron chi connectivity index (χ3n) is 3.47. The molecule has 2 atom stereocenters. The molecule has 2 aromatic rings. The largest absolute Gasteiger partial charge is 0.379 e. The average molecular weight is 322 g/mol. The minimum Gasteiger partial charge on any atom is -0.379 e. The van der Waals surface area contributed by atoms with Gasteiger partial charge in [-0.15, -0.1) is 11.3 Å². The van der Waals surface area contributed by atoms with Crippen molar-refractivity contribution in [3.63, 3.8) is 0 Å². The highest BCUT2D eigenvalue weighted by Gasteiger charge is 2.28. The van der Waals surface area contributed by atoms with Gasteiger partial charge in [0.2, 0.25) is 5.91 Å². The Morgan fingerprint density at radius 2 is 2.55 bits per heavy atom. The molecular formula is C14H18N4O3S. The highest BCUT2D eigenvalue weighted by atomic mass is 32.1. The van der Waals surface area contributed by atoms with Crippen LogP contribution in [0.4, 0.5) is 0 Å². The Morgan fingerprint density at radius 3 is 3.32 bits per heavy atom. The zero-order valence-electron chi connectivity index (χ0n) is 12.0. The summed E-state index contributed by atoms with van der Waals surface area (Å²) in [5.41, 5.74) is 3.49. The number of thiazole rings is 1. The minimum absolute atomic E-state index is 0.0545. The van der Waals surface area contributed by atoms with E-state index in [1.807, 2.05) is 5.38 Å². The van der Waals surface area contributed by atoms with E-state index in [4.69, 9.17) is 9.47 Å². The molecule has 22 heavy (non-hydrogen) atoms. The van der Waals surface area contributed by atoms with E-state index in [1.54, 1.807) is 29.4 Å². The van der Waals surface area contributed by atoms with E-state index in [-0.39, 0.29) is 24.5 Å². The Labute approximate surface area is 132 Å². The van der Waals surface area contributed by atoms with Crippen molar-refractivity contribution in [1.82, 2.24) is 20.3 Å². The molecule has 1 fully saturated rings. The lowest BCUT2D eigenvalue weighted by molar-refractivity contribution is -0.126. The topological polar surface area (TPSA) is 89.1 Å². The first-order chi connectivity index (χ1) is 10.8. The summed E-state index contributed by atoms with van der Waals surface area (Å²) in [7, 11) is 0. The Kier molecular flexibility index (Phi) is 5.15. The third kappa shape index (κ3) is 4.12. The van der Waals surface area contributed by atoms with Crippen molar-refractivity contribution >= 4 is 17.2 Å². The summed E-state index contributed by atoms with van der Waals surface area (Å²) in [6.07, 6.45) is 4.19. The minimum atomic E-state index is -0.136. The number of aromatic amines is 1. The zero-order valence-corrected chi connectivity index (χ0v) is 12.8. The van der Waals surface area contributed by atoms with Gasteiger partial charge in [0.05, 0.1) is 49.3 Å². The van der Waals surface area contributed by atoms with Crippen molar-refractivity contribution < 1.29 is 14.3 Å². The van der Waals surface area contributed by atoms with Gasteiger partial charge in [-0.2, -0.15) is 0 Å². The number of nitrogens with one attached hydrogen (secondary N) is 2. The van der Waals surface area contributed by atoms with E-state index in [2.05, 4.69) is 20.3 Å². The molecule has 0 radical (unpaired) electrons. The van der Waals surface area contributed by atoms with Gasteiger partial charge in [-0.3, -0.25) is 4.79 Å². The third-order valence-corrected chi connectivity index (χ3v) is 4.11. The number of carbonyl (C=O) groups is 1. The number of amides is 1. The van der Waals surface area contributed by atoms with Crippen molar-refractivity contribution in [1.29, 1.82) is 0 Å². The number of rotatable bonds is 6. The van der Waals surface area contributed by atoms with Crippen molar-refractivity contribution in [2.45, 2.75) is 31.6 Å². The molecule has 1 amide bonds. The smallest absolute Gasteiger partial charge is 0.226 e. The molecule has 0 saturated carbocycles. The molecule has 3 rings (SSSR count). The molecule has 0 bridgehead atoms. The number of nitrogens with zero attached hydrogens (tertiary/aromatic N) is 2. The molecule has 7 nitrogen and oxygen atoms in total. The van der Waals surface area contributed by atoms with Crippen LogP contribution in [0.5, 0.6) is 0 Å². The number of ether oxygens (including phenoxy) is 2. The molecule has 2 N–H and O–H groups in total. The van der Waals surface area contributed by atoms with Gasteiger partial charge < -0.3 is 19.8 Å². The lowest BCUT2D eigenvalue weighted by Crippen LogP contribution is -2.50. The number of carbonyl (C=O) groups excluding carboxylic acids is 1. The van der Waals surface area contributed by atoms with E-state index >= 15 is 0 Å². The van der Waals surface area contributed by atoms with Crippen LogP contribution in [0, 0.1) is 0 Å². The first kappa shape index (κ1) is 15.1. The highest BCUT2D eigenvalue weighted by molar-refractivity contribution is 7.07. The normalized spacial score (nSPS) is 21.6. The van der Waals surface area contributed by atoms with E-state index < -0.39 is 0 Å². The van der Waals surface area contributed by atoms with Crippen LogP contribution in [0.3, 0.4) is 0 Å². The number of aromatic nitrogens is 3. The van der Waals surface area contributed by atoms with Crippen LogP contribution in [0.25, 0.3) is 0 Å². The maximum absolute atomic E-state index is 12.1. The second-order valence-corrected chi connectivity index (χ2v) is 5.84. The first-order valence-corrected chi connectivity index (χ1v) is 8.08. The molecule has 118 valence electrons. The van der Waals surface area contributed by atoms with Gasteiger partial charge in [-0.1, -0.05) is 0 Å². The maximum atomic E-state index is 12.1. The Balaban J connectivity index is 1.51. The van der Waals surface area contributed by atoms with Crippen LogP contribution in [0.2, 0.25) is 0 Å². The molecule has 3 heterocycles. The lowest BCUT2D eigenvalue weighted by atomic mass is 10.1. The summed E-state index contributed by atoms with van der Waals surface area (Å²) >= 11 is 1.54. The Hall–Kier alpha value is -1.77. The van der Waals surface area contributed by atoms with Crippen molar-refractivity contribution in [3.8, 4) is 0 Å². The first-order valence-electron chi connectivity index (χ1n) is 7.14. The quantitative estimate of drug-likeness (QED) is 0.825. The second-order valence-electron chi connectivity index (χ2n) is 5.12. The summed E-state index contributed by atoms with van der Waals surface area (Å²) in [5.74, 6) is -0.0676. The van der Waals surface area contributed by atoms with Gasteiger partial charge in [0.15, 0.2) is 0 Å². The number of hydrogen-bond acceptors (Lipinski definition) is 6. The molecule has 2 aromatic heterocycles. The standard InChI is InChI=1S/C14H18N4O3S/c19-14(3-10-4-15-8-16-10)18-12-6-20-2-1-13(12)21-5-11-7-22-9-17-11/h4,7-9,12-13H,1-3,5-6H2,(H,15,16)(H,18,19)/t12-,13+/m1/s1. The number of H-pyrrole nitrogens is 1. The van der Waals surface area contributed by atoms with Gasteiger partial charge in [0.1, 0.15) is 0 Å². The fourth-order valence-corrected chi connectivity index (χ4v) is 2.91. The summed E-state index contributed by atoms with van der Waals surface area (Å²) < 4.78 is 11.4. The van der Waals surface area contributed by atoms with Crippen LogP contribution < -0.4 is 5.32 Å². The highest BCUT2D eigenvalue weighted by Crippen LogP contribution is 2.15. The van der Waals surface area contributed by atoms with Crippen LogP contribution in [-0.4, -0.2) is 46.2 Å². The van der Waals surface area contributed by atoms with E-state index in [1.165, 1.54) is 0 Å². The van der Waals surface area contributed by atoms with Crippen molar-refractivity contribution in [3.05, 3.63) is 34.8 Å². The fourth-order valence-electron chi connectivity index (χ4n) is 2.37. The fraction of sp³-hybridized carbons (Fsp3) is 0.500. The molecule has 0 spiro atoms. The summed E-state index contributed by atoms with van der Waals surface area (Å²) in [5, 5.41) is 4.95. The Morgan fingerprint density at radius 1 is 1.59 bits per heavy atom. The molecule has 8 heteroatoms. The predicted molar refractivity (Wildman–Crippen MR) is 80.3 cm³/mol. The maximum Gasteiger partial charge on any atom is 0.226 e. The van der Waals surface area contributed by atoms with E-state index in [9.17, 15) is 4.79 Å². The molecule has 0 aliphatic carbocycles. The monoisotopic (exact) mass is 322 g/mol. The zero-order chi connectivity index (χ0) is 15.2. The molecule has 1 aliphatic heterocycles. The van der Waals surface area contributed by atoms with Gasteiger partial charge >= 0.3 is 0 Å². The van der Waals surface area contributed by atoms with Crippen LogP contribution in [0.1, 0.15) is 17.8 Å². The number of imidazole rings is 1. The Bertz CT molecular complexity index is 573.